The summed E-state index contributed by atoms with van der Waals surface area (Å²) in [7, 11) is 0. The molecule has 0 saturated carbocycles. The number of fused-ring (bicyclic) bond motifs is 3. The maximum Gasteiger partial charge on any atom is 0.0673 e. The Morgan fingerprint density at radius 1 is 1.31 bits per heavy atom. The lowest BCUT2D eigenvalue weighted by molar-refractivity contribution is 0.654. The molecule has 0 spiro atoms. The van der Waals surface area contributed by atoms with Crippen molar-refractivity contribution in [1.29, 1.82) is 0 Å². The van der Waals surface area contributed by atoms with Gasteiger partial charge in [0, 0.05) is 12.6 Å². The van der Waals surface area contributed by atoms with E-state index in [1.165, 1.54) is 11.1 Å². The summed E-state index contributed by atoms with van der Waals surface area (Å²) in [6.45, 7) is 0. The molecule has 2 aliphatic rings. The Morgan fingerprint density at radius 2 is 2.19 bits per heavy atom. The lowest BCUT2D eigenvalue weighted by atomic mass is 9.76. The zero-order valence-corrected chi connectivity index (χ0v) is 8.85. The number of nitrogens with zero attached hydrogens (tertiary/aromatic N) is 1. The minimum Gasteiger partial charge on any atom is -0.260 e. The first-order chi connectivity index (χ1) is 7.87. The number of allylic oxidation sites excluding steroid dienone is 2. The standard InChI is InChI=1S/C15H11N/c1-2-8-15-9-5-10-16-14(15)11-12-6-3-4-7-13(12)15/h1,3-7,9-11H,8H2. The predicted molar refractivity (Wildman–Crippen MR) is 67.2 cm³/mol. The molecule has 1 aromatic carbocycles. The van der Waals surface area contributed by atoms with Crippen molar-refractivity contribution in [3.05, 3.63) is 53.2 Å². The van der Waals surface area contributed by atoms with E-state index in [4.69, 9.17) is 6.42 Å². The summed E-state index contributed by atoms with van der Waals surface area (Å²) in [5.74, 6) is 2.77. The summed E-state index contributed by atoms with van der Waals surface area (Å²) < 4.78 is 0. The van der Waals surface area contributed by atoms with Gasteiger partial charge >= 0.3 is 0 Å². The monoisotopic (exact) mass is 205 g/mol. The second kappa shape index (κ2) is 3.21. The van der Waals surface area contributed by atoms with Crippen LogP contribution >= 0.6 is 0 Å². The highest BCUT2D eigenvalue weighted by molar-refractivity contribution is 5.82. The van der Waals surface area contributed by atoms with Gasteiger partial charge in [-0.25, -0.2) is 0 Å². The molecule has 1 atom stereocenters. The van der Waals surface area contributed by atoms with Crippen LogP contribution in [-0.2, 0) is 5.41 Å². The van der Waals surface area contributed by atoms with E-state index < -0.39 is 0 Å². The van der Waals surface area contributed by atoms with Crippen LogP contribution in [0.3, 0.4) is 0 Å². The summed E-state index contributed by atoms with van der Waals surface area (Å²) in [5.41, 5.74) is 3.39. The van der Waals surface area contributed by atoms with Crippen molar-refractivity contribution < 1.29 is 0 Å². The highest BCUT2D eigenvalue weighted by atomic mass is 14.8. The fraction of sp³-hybridized carbons (Fsp3) is 0.133. The molecule has 1 aliphatic carbocycles. The number of terminal acetylenes is 1. The zero-order chi connectivity index (χ0) is 11.0. The smallest absolute Gasteiger partial charge is 0.0673 e. The summed E-state index contributed by atoms with van der Waals surface area (Å²) in [6.07, 6.45) is 14.3. The number of dihydropyridines is 1. The molecule has 1 aliphatic heterocycles. The van der Waals surface area contributed by atoms with E-state index in [0.717, 1.165) is 5.70 Å². The van der Waals surface area contributed by atoms with Gasteiger partial charge in [0.1, 0.15) is 0 Å². The van der Waals surface area contributed by atoms with Gasteiger partial charge in [-0.05, 0) is 23.3 Å². The first kappa shape index (κ1) is 9.18. The van der Waals surface area contributed by atoms with Crippen molar-refractivity contribution in [2.45, 2.75) is 11.8 Å². The molecule has 0 saturated heterocycles. The highest BCUT2D eigenvalue weighted by Crippen LogP contribution is 2.46. The van der Waals surface area contributed by atoms with Gasteiger partial charge in [-0.3, -0.25) is 4.99 Å². The quantitative estimate of drug-likeness (QED) is 0.625. The van der Waals surface area contributed by atoms with E-state index in [-0.39, 0.29) is 5.41 Å². The van der Waals surface area contributed by atoms with Crippen LogP contribution in [0.2, 0.25) is 0 Å². The average Bonchev–Trinajstić information content (AvgIpc) is 2.64. The first-order valence-corrected chi connectivity index (χ1v) is 5.34. The van der Waals surface area contributed by atoms with Gasteiger partial charge in [-0.15, -0.1) is 12.3 Å². The van der Waals surface area contributed by atoms with E-state index in [2.05, 4.69) is 41.3 Å². The molecule has 1 aromatic rings. The molecule has 1 nitrogen and oxygen atoms in total. The number of hydrogen-bond acceptors (Lipinski definition) is 1. The largest absolute Gasteiger partial charge is 0.260 e. The third-order valence-electron chi connectivity index (χ3n) is 3.25. The normalized spacial score (nSPS) is 24.6. The van der Waals surface area contributed by atoms with Gasteiger partial charge in [0.05, 0.1) is 11.1 Å². The van der Waals surface area contributed by atoms with Crippen molar-refractivity contribution in [2.75, 3.05) is 0 Å². The molecule has 0 radical (unpaired) electrons. The molecule has 16 heavy (non-hydrogen) atoms. The van der Waals surface area contributed by atoms with E-state index in [0.29, 0.717) is 6.42 Å². The molecule has 3 rings (SSSR count). The van der Waals surface area contributed by atoms with Gasteiger partial charge in [0.25, 0.3) is 0 Å². The number of rotatable bonds is 1. The Balaban J connectivity index is 2.26. The van der Waals surface area contributed by atoms with Crippen LogP contribution in [0.15, 0.2) is 47.1 Å². The summed E-state index contributed by atoms with van der Waals surface area (Å²) in [6, 6.07) is 8.36. The van der Waals surface area contributed by atoms with Crippen LogP contribution in [0.25, 0.3) is 6.08 Å². The Labute approximate surface area is 95.2 Å². The van der Waals surface area contributed by atoms with Gasteiger partial charge in [0.2, 0.25) is 0 Å². The molecular weight excluding hydrogens is 194 g/mol. The van der Waals surface area contributed by atoms with Gasteiger partial charge < -0.3 is 0 Å². The van der Waals surface area contributed by atoms with Crippen LogP contribution in [0.5, 0.6) is 0 Å². The topological polar surface area (TPSA) is 12.4 Å². The molecular formula is C15H11N. The Kier molecular flexibility index (Phi) is 1.84. The van der Waals surface area contributed by atoms with Crippen LogP contribution < -0.4 is 0 Å². The van der Waals surface area contributed by atoms with Crippen LogP contribution in [0, 0.1) is 12.3 Å². The average molecular weight is 205 g/mol. The minimum atomic E-state index is -0.180. The molecule has 0 N–H and O–H groups in total. The first-order valence-electron chi connectivity index (χ1n) is 5.34. The Hall–Kier alpha value is -2.07. The summed E-state index contributed by atoms with van der Waals surface area (Å²) >= 11 is 0. The molecule has 1 heteroatoms. The second-order valence-corrected chi connectivity index (χ2v) is 4.11. The SMILES string of the molecule is C#CCC12C=CC=NC1=Cc1ccccc12. The third kappa shape index (κ3) is 1.05. The van der Waals surface area contributed by atoms with Crippen molar-refractivity contribution in [3.63, 3.8) is 0 Å². The molecule has 1 unspecified atom stereocenters. The van der Waals surface area contributed by atoms with Crippen LogP contribution in [0.4, 0.5) is 0 Å². The van der Waals surface area contributed by atoms with E-state index in [1.807, 2.05) is 18.4 Å². The molecule has 76 valence electrons. The number of aliphatic imine (C=N–C) groups is 1. The van der Waals surface area contributed by atoms with Gasteiger partial charge in [-0.1, -0.05) is 30.3 Å². The molecule has 0 amide bonds. The van der Waals surface area contributed by atoms with Crippen LogP contribution in [-0.4, -0.2) is 6.21 Å². The minimum absolute atomic E-state index is 0.180. The van der Waals surface area contributed by atoms with E-state index >= 15 is 0 Å². The van der Waals surface area contributed by atoms with Crippen LogP contribution in [0.1, 0.15) is 17.5 Å². The van der Waals surface area contributed by atoms with E-state index in [1.54, 1.807) is 0 Å². The molecule has 0 fully saturated rings. The number of hydrogen-bond donors (Lipinski definition) is 0. The lowest BCUT2D eigenvalue weighted by Crippen LogP contribution is -2.24. The van der Waals surface area contributed by atoms with Crippen molar-refractivity contribution in [2.24, 2.45) is 4.99 Å². The van der Waals surface area contributed by atoms with Crippen molar-refractivity contribution in [3.8, 4) is 12.3 Å². The molecule has 0 bridgehead atoms. The summed E-state index contributed by atoms with van der Waals surface area (Å²) in [4.78, 5) is 4.45. The summed E-state index contributed by atoms with van der Waals surface area (Å²) in [5, 5.41) is 0. The highest BCUT2D eigenvalue weighted by Gasteiger charge is 2.39. The lowest BCUT2D eigenvalue weighted by Gasteiger charge is -2.28. The van der Waals surface area contributed by atoms with Gasteiger partial charge in [-0.2, -0.15) is 0 Å². The molecule has 1 heterocycles. The number of benzene rings is 1. The molecule has 0 aromatic heterocycles. The fourth-order valence-electron chi connectivity index (χ4n) is 2.51. The van der Waals surface area contributed by atoms with Gasteiger partial charge in [0.15, 0.2) is 0 Å². The maximum atomic E-state index is 5.50. The fourth-order valence-corrected chi connectivity index (χ4v) is 2.51. The van der Waals surface area contributed by atoms with Crippen molar-refractivity contribution in [1.82, 2.24) is 0 Å². The maximum absolute atomic E-state index is 5.50. The van der Waals surface area contributed by atoms with Crippen molar-refractivity contribution >= 4 is 12.3 Å². The van der Waals surface area contributed by atoms with E-state index in [9.17, 15) is 0 Å². The Morgan fingerprint density at radius 3 is 3.06 bits per heavy atom. The second-order valence-electron chi connectivity index (χ2n) is 4.11. The third-order valence-corrected chi connectivity index (χ3v) is 3.25. The predicted octanol–water partition coefficient (Wildman–Crippen LogP) is 2.94. The Bertz CT molecular complexity index is 569. The zero-order valence-electron chi connectivity index (χ0n) is 8.85.